The third kappa shape index (κ3) is 4.83. The summed E-state index contributed by atoms with van der Waals surface area (Å²) < 4.78 is 4.98. The summed E-state index contributed by atoms with van der Waals surface area (Å²) in [5, 5.41) is 2.74. The molecular formula is C17H24N2O3. The molecular weight excluding hydrogens is 280 g/mol. The van der Waals surface area contributed by atoms with E-state index in [0.717, 1.165) is 6.42 Å². The number of hydrogen-bond donors (Lipinski definition) is 1. The molecule has 0 aliphatic heterocycles. The van der Waals surface area contributed by atoms with Gasteiger partial charge < -0.3 is 10.1 Å². The van der Waals surface area contributed by atoms with Gasteiger partial charge in [0, 0.05) is 12.6 Å². The van der Waals surface area contributed by atoms with Gasteiger partial charge in [0.05, 0.1) is 6.61 Å². The molecule has 0 unspecified atom stereocenters. The minimum absolute atomic E-state index is 0.0881. The highest BCUT2D eigenvalue weighted by Crippen LogP contribution is 2.27. The lowest BCUT2D eigenvalue weighted by Crippen LogP contribution is -2.18. The van der Waals surface area contributed by atoms with Crippen LogP contribution in [0.5, 0.6) is 0 Å². The maximum absolute atomic E-state index is 12.1. The summed E-state index contributed by atoms with van der Waals surface area (Å²) in [7, 11) is 0. The van der Waals surface area contributed by atoms with Crippen LogP contribution in [-0.2, 0) is 9.53 Å². The topological polar surface area (TPSA) is 68.3 Å². The number of rotatable bonds is 6. The number of ether oxygens (including phenoxy) is 1. The Bertz CT molecular complexity index is 510. The van der Waals surface area contributed by atoms with Crippen LogP contribution in [0, 0.1) is 5.92 Å². The van der Waals surface area contributed by atoms with Crippen LogP contribution in [0.3, 0.4) is 0 Å². The molecule has 0 bridgehead atoms. The lowest BCUT2D eigenvalue weighted by Gasteiger charge is -2.21. The maximum Gasteiger partial charge on any atom is 0.341 e. The summed E-state index contributed by atoms with van der Waals surface area (Å²) in [6.45, 7) is 2.04. The molecule has 1 aliphatic rings. The summed E-state index contributed by atoms with van der Waals surface area (Å²) in [5.74, 6) is 0.398. The third-order valence-corrected chi connectivity index (χ3v) is 4.07. The van der Waals surface area contributed by atoms with Crippen molar-refractivity contribution in [2.75, 3.05) is 11.9 Å². The number of nitrogens with zero attached hydrogens (tertiary/aromatic N) is 1. The van der Waals surface area contributed by atoms with Gasteiger partial charge in [0.15, 0.2) is 0 Å². The highest BCUT2D eigenvalue weighted by Gasteiger charge is 2.17. The number of esters is 1. The molecule has 0 spiro atoms. The second-order valence-corrected chi connectivity index (χ2v) is 5.71. The molecule has 5 nitrogen and oxygen atoms in total. The number of hydrogen-bond acceptors (Lipinski definition) is 4. The van der Waals surface area contributed by atoms with Gasteiger partial charge >= 0.3 is 5.97 Å². The molecule has 1 amide bonds. The van der Waals surface area contributed by atoms with Crippen molar-refractivity contribution >= 4 is 17.7 Å². The maximum atomic E-state index is 12.1. The van der Waals surface area contributed by atoms with Crippen molar-refractivity contribution in [1.82, 2.24) is 4.98 Å². The molecule has 5 heteroatoms. The summed E-state index contributed by atoms with van der Waals surface area (Å²) in [4.78, 5) is 28.0. The average molecular weight is 304 g/mol. The Hall–Kier alpha value is -1.91. The predicted molar refractivity (Wildman–Crippen MR) is 84.6 cm³/mol. The van der Waals surface area contributed by atoms with Crippen LogP contribution >= 0.6 is 0 Å². The average Bonchev–Trinajstić information content (AvgIpc) is 2.54. The van der Waals surface area contributed by atoms with Crippen molar-refractivity contribution in [1.29, 1.82) is 0 Å². The summed E-state index contributed by atoms with van der Waals surface area (Å²) in [5.41, 5.74) is 0.301. The van der Waals surface area contributed by atoms with Gasteiger partial charge in [0.25, 0.3) is 0 Å². The van der Waals surface area contributed by atoms with E-state index in [1.807, 2.05) is 0 Å². The lowest BCUT2D eigenvalue weighted by atomic mass is 9.86. The molecule has 1 N–H and O–H groups in total. The minimum atomic E-state index is -0.460. The number of aromatic nitrogens is 1. The predicted octanol–water partition coefficient (Wildman–Crippen LogP) is 3.56. The normalized spacial score (nSPS) is 15.3. The van der Waals surface area contributed by atoms with Crippen molar-refractivity contribution in [3.05, 3.63) is 23.9 Å². The fraction of sp³-hybridized carbons (Fsp3) is 0.588. The van der Waals surface area contributed by atoms with Crippen LogP contribution < -0.4 is 5.32 Å². The molecule has 0 saturated heterocycles. The van der Waals surface area contributed by atoms with E-state index in [1.165, 1.54) is 32.1 Å². The van der Waals surface area contributed by atoms with Gasteiger partial charge in [0.1, 0.15) is 11.4 Å². The van der Waals surface area contributed by atoms with Crippen LogP contribution in [0.4, 0.5) is 5.82 Å². The highest BCUT2D eigenvalue weighted by molar-refractivity contribution is 5.99. The van der Waals surface area contributed by atoms with E-state index < -0.39 is 5.97 Å². The first kappa shape index (κ1) is 16.5. The summed E-state index contributed by atoms with van der Waals surface area (Å²) in [6, 6.07) is 3.27. The Labute approximate surface area is 131 Å². The Kier molecular flexibility index (Phi) is 6.37. The Morgan fingerprint density at radius 3 is 2.82 bits per heavy atom. The zero-order valence-electron chi connectivity index (χ0n) is 13.1. The molecule has 2 rings (SSSR count). The van der Waals surface area contributed by atoms with Crippen molar-refractivity contribution in [2.45, 2.75) is 51.9 Å². The van der Waals surface area contributed by atoms with E-state index in [0.29, 0.717) is 24.5 Å². The number of anilines is 1. The number of carbonyl (C=O) groups excluding carboxylic acids is 2. The van der Waals surface area contributed by atoms with Gasteiger partial charge in [0.2, 0.25) is 5.91 Å². The molecule has 0 aromatic carbocycles. The van der Waals surface area contributed by atoms with Crippen LogP contribution in [0.2, 0.25) is 0 Å². The molecule has 120 valence electrons. The number of pyridine rings is 1. The Balaban J connectivity index is 1.89. The fourth-order valence-corrected chi connectivity index (χ4v) is 2.88. The monoisotopic (exact) mass is 304 g/mol. The SMILES string of the molecule is CCOC(=O)c1cccnc1NC(=O)CCC1CCCCC1. The van der Waals surface area contributed by atoms with E-state index in [1.54, 1.807) is 25.3 Å². The van der Waals surface area contributed by atoms with Crippen molar-refractivity contribution in [3.8, 4) is 0 Å². The van der Waals surface area contributed by atoms with Crippen LogP contribution in [0.25, 0.3) is 0 Å². The molecule has 22 heavy (non-hydrogen) atoms. The van der Waals surface area contributed by atoms with E-state index >= 15 is 0 Å². The van der Waals surface area contributed by atoms with Gasteiger partial charge in [-0.25, -0.2) is 9.78 Å². The molecule has 1 aliphatic carbocycles. The van der Waals surface area contributed by atoms with Crippen LogP contribution in [0.15, 0.2) is 18.3 Å². The van der Waals surface area contributed by atoms with Crippen molar-refractivity contribution in [2.24, 2.45) is 5.92 Å². The van der Waals surface area contributed by atoms with Gasteiger partial charge in [-0.1, -0.05) is 32.1 Å². The fourth-order valence-electron chi connectivity index (χ4n) is 2.88. The zero-order chi connectivity index (χ0) is 15.8. The minimum Gasteiger partial charge on any atom is -0.462 e. The van der Waals surface area contributed by atoms with Gasteiger partial charge in [-0.05, 0) is 31.4 Å². The van der Waals surface area contributed by atoms with E-state index in [4.69, 9.17) is 4.74 Å². The third-order valence-electron chi connectivity index (χ3n) is 4.07. The van der Waals surface area contributed by atoms with Crippen LogP contribution in [0.1, 0.15) is 62.2 Å². The summed E-state index contributed by atoms with van der Waals surface area (Å²) in [6.07, 6.45) is 9.27. The zero-order valence-corrected chi connectivity index (χ0v) is 13.1. The Morgan fingerprint density at radius 2 is 2.09 bits per heavy atom. The van der Waals surface area contributed by atoms with Gasteiger partial charge in [-0.15, -0.1) is 0 Å². The molecule has 0 radical (unpaired) electrons. The molecule has 0 atom stereocenters. The summed E-state index contributed by atoms with van der Waals surface area (Å²) >= 11 is 0. The largest absolute Gasteiger partial charge is 0.462 e. The molecule has 1 saturated carbocycles. The van der Waals surface area contributed by atoms with E-state index in [2.05, 4.69) is 10.3 Å². The van der Waals surface area contributed by atoms with Gasteiger partial charge in [-0.3, -0.25) is 4.79 Å². The number of nitrogens with one attached hydrogen (secondary N) is 1. The second-order valence-electron chi connectivity index (χ2n) is 5.71. The quantitative estimate of drug-likeness (QED) is 0.816. The number of amides is 1. The molecule has 1 fully saturated rings. The second kappa shape index (κ2) is 8.51. The molecule has 1 aromatic rings. The standard InChI is InChI=1S/C17H24N2O3/c1-2-22-17(21)14-9-6-12-18-16(14)19-15(20)11-10-13-7-4-3-5-8-13/h6,9,12-13H,2-5,7-8,10-11H2,1H3,(H,18,19,20). The highest BCUT2D eigenvalue weighted by atomic mass is 16.5. The van der Waals surface area contributed by atoms with Crippen molar-refractivity contribution in [3.63, 3.8) is 0 Å². The van der Waals surface area contributed by atoms with E-state index in [9.17, 15) is 9.59 Å². The first-order chi connectivity index (χ1) is 10.7. The molecule has 1 aromatic heterocycles. The lowest BCUT2D eigenvalue weighted by molar-refractivity contribution is -0.116. The Morgan fingerprint density at radius 1 is 1.32 bits per heavy atom. The smallest absolute Gasteiger partial charge is 0.341 e. The van der Waals surface area contributed by atoms with E-state index in [-0.39, 0.29) is 11.7 Å². The first-order valence-corrected chi connectivity index (χ1v) is 8.12. The van der Waals surface area contributed by atoms with Crippen LogP contribution in [-0.4, -0.2) is 23.5 Å². The van der Waals surface area contributed by atoms with Crippen molar-refractivity contribution < 1.29 is 14.3 Å². The van der Waals surface area contributed by atoms with Gasteiger partial charge in [-0.2, -0.15) is 0 Å². The number of carbonyl (C=O) groups is 2. The molecule has 1 heterocycles. The first-order valence-electron chi connectivity index (χ1n) is 8.12.